The van der Waals surface area contributed by atoms with Gasteiger partial charge in [-0.1, -0.05) is 36.4 Å². The van der Waals surface area contributed by atoms with Gasteiger partial charge < -0.3 is 5.32 Å². The summed E-state index contributed by atoms with van der Waals surface area (Å²) in [5, 5.41) is 4.33. The molecule has 1 aliphatic heterocycles. The summed E-state index contributed by atoms with van der Waals surface area (Å²) in [6.45, 7) is 3.54. The molecule has 0 aromatic heterocycles. The zero-order valence-corrected chi connectivity index (χ0v) is 15.2. The SMILES string of the molecule is Cc1cccc(NC(=O)C(C)N2c3cccc4cccc(c34)S2(=O)=O)c1. The lowest BCUT2D eigenvalue weighted by Crippen LogP contribution is -2.43. The van der Waals surface area contributed by atoms with E-state index in [0.29, 0.717) is 16.8 Å². The fraction of sp³-hybridized carbons (Fsp3) is 0.150. The molecule has 1 aliphatic rings. The van der Waals surface area contributed by atoms with E-state index >= 15 is 0 Å². The van der Waals surface area contributed by atoms with Crippen molar-refractivity contribution in [3.05, 3.63) is 66.2 Å². The summed E-state index contributed by atoms with van der Waals surface area (Å²) in [6.07, 6.45) is 0. The van der Waals surface area contributed by atoms with Crippen molar-refractivity contribution in [2.45, 2.75) is 24.8 Å². The van der Waals surface area contributed by atoms with Crippen LogP contribution >= 0.6 is 0 Å². The van der Waals surface area contributed by atoms with Gasteiger partial charge in [0.1, 0.15) is 6.04 Å². The van der Waals surface area contributed by atoms with E-state index in [4.69, 9.17) is 0 Å². The first-order chi connectivity index (χ1) is 12.4. The molecule has 26 heavy (non-hydrogen) atoms. The second kappa shape index (κ2) is 5.85. The van der Waals surface area contributed by atoms with Crippen LogP contribution in [-0.4, -0.2) is 20.4 Å². The van der Waals surface area contributed by atoms with Crippen molar-refractivity contribution in [2.24, 2.45) is 0 Å². The number of nitrogens with one attached hydrogen (secondary N) is 1. The molecule has 1 N–H and O–H groups in total. The average Bonchev–Trinajstić information content (AvgIpc) is 2.83. The smallest absolute Gasteiger partial charge is 0.265 e. The van der Waals surface area contributed by atoms with Crippen LogP contribution < -0.4 is 9.62 Å². The van der Waals surface area contributed by atoms with Crippen LogP contribution in [0.4, 0.5) is 11.4 Å². The molecular weight excluding hydrogens is 348 g/mol. The molecule has 1 unspecified atom stereocenters. The molecule has 0 spiro atoms. The lowest BCUT2D eigenvalue weighted by atomic mass is 10.1. The minimum Gasteiger partial charge on any atom is -0.324 e. The first kappa shape index (κ1) is 16.6. The second-order valence-electron chi connectivity index (χ2n) is 6.47. The van der Waals surface area contributed by atoms with Gasteiger partial charge in [-0.3, -0.25) is 9.10 Å². The van der Waals surface area contributed by atoms with Crippen molar-refractivity contribution in [3.8, 4) is 0 Å². The Morgan fingerprint density at radius 2 is 1.73 bits per heavy atom. The van der Waals surface area contributed by atoms with Crippen molar-refractivity contribution >= 4 is 38.1 Å². The molecule has 1 amide bonds. The Morgan fingerprint density at radius 3 is 2.46 bits per heavy atom. The van der Waals surface area contributed by atoms with Gasteiger partial charge in [-0.25, -0.2) is 8.42 Å². The Hall–Kier alpha value is -2.86. The zero-order valence-electron chi connectivity index (χ0n) is 14.4. The van der Waals surface area contributed by atoms with Crippen molar-refractivity contribution in [1.82, 2.24) is 0 Å². The molecule has 1 atom stereocenters. The number of carbonyl (C=O) groups is 1. The van der Waals surface area contributed by atoms with Crippen LogP contribution in [0, 0.1) is 6.92 Å². The summed E-state index contributed by atoms with van der Waals surface area (Å²) in [7, 11) is -3.77. The summed E-state index contributed by atoms with van der Waals surface area (Å²) in [6, 6.07) is 17.1. The van der Waals surface area contributed by atoms with Crippen LogP contribution in [0.15, 0.2) is 65.6 Å². The average molecular weight is 366 g/mol. The van der Waals surface area contributed by atoms with Gasteiger partial charge in [-0.05, 0) is 49.1 Å². The highest BCUT2D eigenvalue weighted by atomic mass is 32.2. The number of benzene rings is 3. The van der Waals surface area contributed by atoms with Gasteiger partial charge in [0.15, 0.2) is 0 Å². The van der Waals surface area contributed by atoms with Gasteiger partial charge in [0.2, 0.25) is 5.91 Å². The number of carbonyl (C=O) groups excluding carboxylic acids is 1. The minimum atomic E-state index is -3.77. The maximum Gasteiger partial charge on any atom is 0.265 e. The monoisotopic (exact) mass is 366 g/mol. The van der Waals surface area contributed by atoms with E-state index in [9.17, 15) is 13.2 Å². The predicted octanol–water partition coefficient (Wildman–Crippen LogP) is 3.68. The number of sulfonamides is 1. The van der Waals surface area contributed by atoms with Crippen LogP contribution in [-0.2, 0) is 14.8 Å². The number of amides is 1. The molecule has 6 heteroatoms. The first-order valence-corrected chi connectivity index (χ1v) is 9.77. The van der Waals surface area contributed by atoms with Crippen LogP contribution in [0.5, 0.6) is 0 Å². The van der Waals surface area contributed by atoms with E-state index in [-0.39, 0.29) is 10.8 Å². The number of nitrogens with zero attached hydrogens (tertiary/aromatic N) is 1. The van der Waals surface area contributed by atoms with Crippen LogP contribution in [0.3, 0.4) is 0 Å². The Kier molecular flexibility index (Phi) is 3.73. The van der Waals surface area contributed by atoms with E-state index in [0.717, 1.165) is 10.9 Å². The van der Waals surface area contributed by atoms with E-state index in [1.54, 1.807) is 37.3 Å². The van der Waals surface area contributed by atoms with E-state index in [2.05, 4.69) is 5.32 Å². The lowest BCUT2D eigenvalue weighted by molar-refractivity contribution is -0.116. The molecule has 0 radical (unpaired) electrons. The molecule has 5 nitrogen and oxygen atoms in total. The Labute approximate surface area is 152 Å². The van der Waals surface area contributed by atoms with Crippen molar-refractivity contribution < 1.29 is 13.2 Å². The van der Waals surface area contributed by atoms with Crippen LogP contribution in [0.25, 0.3) is 10.8 Å². The quantitative estimate of drug-likeness (QED) is 0.769. The summed E-state index contributed by atoms with van der Waals surface area (Å²) in [5.74, 6) is -0.371. The van der Waals surface area contributed by atoms with E-state index < -0.39 is 16.1 Å². The van der Waals surface area contributed by atoms with E-state index in [1.807, 2.05) is 37.3 Å². The number of hydrogen-bond donors (Lipinski definition) is 1. The Morgan fingerprint density at radius 1 is 1.04 bits per heavy atom. The van der Waals surface area contributed by atoms with Gasteiger partial charge in [0.05, 0.1) is 10.6 Å². The van der Waals surface area contributed by atoms with Crippen molar-refractivity contribution in [2.75, 3.05) is 9.62 Å². The maximum absolute atomic E-state index is 13.1. The van der Waals surface area contributed by atoms with Crippen molar-refractivity contribution in [3.63, 3.8) is 0 Å². The van der Waals surface area contributed by atoms with Crippen LogP contribution in [0.1, 0.15) is 12.5 Å². The highest BCUT2D eigenvalue weighted by Gasteiger charge is 2.40. The molecular formula is C20H18N2O3S. The standard InChI is InChI=1S/C20H18N2O3S/c1-13-6-3-9-16(12-13)21-20(23)14(2)22-17-10-4-7-15-8-5-11-18(19(15)17)26(22,24)25/h3-12,14H,1-2H3,(H,21,23). The first-order valence-electron chi connectivity index (χ1n) is 8.33. The molecule has 0 fully saturated rings. The second-order valence-corrected chi connectivity index (χ2v) is 8.25. The summed E-state index contributed by atoms with van der Waals surface area (Å²) in [4.78, 5) is 13.0. The number of aryl methyl sites for hydroxylation is 1. The predicted molar refractivity (Wildman–Crippen MR) is 103 cm³/mol. The van der Waals surface area contributed by atoms with Gasteiger partial charge >= 0.3 is 0 Å². The van der Waals surface area contributed by atoms with Gasteiger partial charge in [-0.15, -0.1) is 0 Å². The van der Waals surface area contributed by atoms with Crippen LogP contribution in [0.2, 0.25) is 0 Å². The molecule has 1 heterocycles. The minimum absolute atomic E-state index is 0.251. The molecule has 3 aromatic carbocycles. The Bertz CT molecular complexity index is 1130. The maximum atomic E-state index is 13.1. The molecule has 0 saturated carbocycles. The fourth-order valence-electron chi connectivity index (χ4n) is 3.41. The number of rotatable bonds is 3. The lowest BCUT2D eigenvalue weighted by Gasteiger charge is -2.25. The van der Waals surface area contributed by atoms with Crippen molar-refractivity contribution in [1.29, 1.82) is 0 Å². The molecule has 4 rings (SSSR count). The van der Waals surface area contributed by atoms with Gasteiger partial charge in [-0.2, -0.15) is 0 Å². The normalized spacial score (nSPS) is 15.8. The Balaban J connectivity index is 1.74. The number of hydrogen-bond acceptors (Lipinski definition) is 3. The summed E-state index contributed by atoms with van der Waals surface area (Å²) in [5.41, 5.74) is 2.21. The highest BCUT2D eigenvalue weighted by molar-refractivity contribution is 7.93. The molecule has 0 saturated heterocycles. The highest BCUT2D eigenvalue weighted by Crippen LogP contribution is 2.43. The summed E-state index contributed by atoms with van der Waals surface area (Å²) >= 11 is 0. The third-order valence-corrected chi connectivity index (χ3v) is 6.56. The van der Waals surface area contributed by atoms with Gasteiger partial charge in [0.25, 0.3) is 10.0 Å². The van der Waals surface area contributed by atoms with E-state index in [1.165, 1.54) is 4.31 Å². The largest absolute Gasteiger partial charge is 0.324 e. The topological polar surface area (TPSA) is 66.5 Å². The molecule has 3 aromatic rings. The molecule has 0 bridgehead atoms. The fourth-order valence-corrected chi connectivity index (χ4v) is 5.28. The third kappa shape index (κ3) is 2.45. The summed E-state index contributed by atoms with van der Waals surface area (Å²) < 4.78 is 27.3. The third-order valence-electron chi connectivity index (χ3n) is 4.64. The van der Waals surface area contributed by atoms with Gasteiger partial charge in [0, 0.05) is 11.1 Å². The zero-order chi connectivity index (χ0) is 18.5. The molecule has 132 valence electrons. The number of anilines is 2. The molecule has 0 aliphatic carbocycles.